The first-order chi connectivity index (χ1) is 8.51. The van der Waals surface area contributed by atoms with E-state index in [1.54, 1.807) is 0 Å². The fraction of sp³-hybridized carbons (Fsp3) is 1.00. The Labute approximate surface area is 113 Å². The normalized spacial score (nSPS) is 32.0. The lowest BCUT2D eigenvalue weighted by atomic mass is 9.76. The third-order valence-electron chi connectivity index (χ3n) is 4.88. The molecule has 2 aliphatic rings. The van der Waals surface area contributed by atoms with Crippen LogP contribution in [0.5, 0.6) is 0 Å². The molecular weight excluding hydrogens is 220 g/mol. The van der Waals surface area contributed by atoms with Gasteiger partial charge >= 0.3 is 0 Å². The van der Waals surface area contributed by atoms with Crippen LogP contribution in [0, 0.1) is 11.3 Å². The molecule has 2 fully saturated rings. The summed E-state index contributed by atoms with van der Waals surface area (Å²) in [6, 6.07) is 1.46. The van der Waals surface area contributed by atoms with Crippen molar-refractivity contribution in [3.05, 3.63) is 0 Å². The summed E-state index contributed by atoms with van der Waals surface area (Å²) >= 11 is 0. The Kier molecular flexibility index (Phi) is 4.71. The van der Waals surface area contributed by atoms with Gasteiger partial charge in [0.05, 0.1) is 0 Å². The number of fused-ring (bicyclic) bond motifs is 1. The third kappa shape index (κ3) is 3.48. The highest BCUT2D eigenvalue weighted by atomic mass is 15.2. The number of likely N-dealkylation sites (tertiary alicyclic amines) is 1. The first kappa shape index (κ1) is 14.3. The summed E-state index contributed by atoms with van der Waals surface area (Å²) < 4.78 is 0. The summed E-state index contributed by atoms with van der Waals surface area (Å²) in [4.78, 5) is 2.79. The first-order valence-electron chi connectivity index (χ1n) is 7.97. The zero-order valence-electron chi connectivity index (χ0n) is 12.6. The van der Waals surface area contributed by atoms with E-state index in [0.717, 1.165) is 18.5 Å². The fourth-order valence-electron chi connectivity index (χ4n) is 4.16. The molecule has 2 N–H and O–H groups in total. The topological polar surface area (TPSA) is 29.3 Å². The van der Waals surface area contributed by atoms with E-state index in [2.05, 4.69) is 25.7 Å². The van der Waals surface area contributed by atoms with E-state index in [9.17, 15) is 0 Å². The molecule has 1 aliphatic heterocycles. The summed E-state index contributed by atoms with van der Waals surface area (Å²) in [6.45, 7) is 9.16. The molecule has 2 heteroatoms. The van der Waals surface area contributed by atoms with Gasteiger partial charge in [-0.3, -0.25) is 4.90 Å². The highest BCUT2D eigenvalue weighted by molar-refractivity contribution is 4.92. The fourth-order valence-corrected chi connectivity index (χ4v) is 4.16. The van der Waals surface area contributed by atoms with Crippen molar-refractivity contribution >= 4 is 0 Å². The van der Waals surface area contributed by atoms with Crippen LogP contribution in [0.4, 0.5) is 0 Å². The molecule has 0 aromatic heterocycles. The molecule has 1 unspecified atom stereocenters. The average molecular weight is 252 g/mol. The summed E-state index contributed by atoms with van der Waals surface area (Å²) in [5, 5.41) is 0. The van der Waals surface area contributed by atoms with Gasteiger partial charge in [-0.15, -0.1) is 0 Å². The van der Waals surface area contributed by atoms with Gasteiger partial charge in [0.1, 0.15) is 0 Å². The van der Waals surface area contributed by atoms with Gasteiger partial charge in [0, 0.05) is 18.6 Å². The highest BCUT2D eigenvalue weighted by Gasteiger charge is 2.37. The predicted molar refractivity (Wildman–Crippen MR) is 78.6 cm³/mol. The van der Waals surface area contributed by atoms with Crippen LogP contribution in [0.25, 0.3) is 0 Å². The molecule has 3 atom stereocenters. The summed E-state index contributed by atoms with van der Waals surface area (Å²) in [5.41, 5.74) is 6.49. The van der Waals surface area contributed by atoms with E-state index in [1.807, 2.05) is 0 Å². The Balaban J connectivity index is 2.03. The first-order valence-corrected chi connectivity index (χ1v) is 7.97. The molecule has 106 valence electrons. The molecule has 1 aliphatic carbocycles. The van der Waals surface area contributed by atoms with Crippen LogP contribution in [-0.2, 0) is 0 Å². The molecule has 0 aromatic carbocycles. The number of hydrogen-bond donors (Lipinski definition) is 1. The van der Waals surface area contributed by atoms with Crippen LogP contribution >= 0.6 is 0 Å². The zero-order valence-corrected chi connectivity index (χ0v) is 12.6. The minimum Gasteiger partial charge on any atom is -0.329 e. The summed E-state index contributed by atoms with van der Waals surface area (Å²) in [5.74, 6) is 0.974. The largest absolute Gasteiger partial charge is 0.329 e. The van der Waals surface area contributed by atoms with Gasteiger partial charge in [0.25, 0.3) is 0 Å². The lowest BCUT2D eigenvalue weighted by molar-refractivity contribution is 0.0151. The molecular formula is C16H32N2. The Morgan fingerprint density at radius 1 is 1.11 bits per heavy atom. The van der Waals surface area contributed by atoms with Gasteiger partial charge in [0.15, 0.2) is 0 Å². The van der Waals surface area contributed by atoms with Crippen molar-refractivity contribution in [3.8, 4) is 0 Å². The van der Waals surface area contributed by atoms with E-state index < -0.39 is 0 Å². The minimum absolute atomic E-state index is 0.394. The smallest absolute Gasteiger partial charge is 0.0226 e. The molecule has 1 saturated heterocycles. The molecule has 18 heavy (non-hydrogen) atoms. The molecule has 0 bridgehead atoms. The summed E-state index contributed by atoms with van der Waals surface area (Å²) in [6.07, 6.45) is 9.88. The Bertz CT molecular complexity index is 254. The Morgan fingerprint density at radius 3 is 2.44 bits per heavy atom. The van der Waals surface area contributed by atoms with Gasteiger partial charge in [-0.2, -0.15) is 0 Å². The van der Waals surface area contributed by atoms with E-state index >= 15 is 0 Å². The quantitative estimate of drug-likeness (QED) is 0.834. The third-order valence-corrected chi connectivity index (χ3v) is 4.88. The van der Waals surface area contributed by atoms with Crippen molar-refractivity contribution in [2.75, 3.05) is 13.1 Å². The average Bonchev–Trinajstić information content (AvgIpc) is 2.34. The van der Waals surface area contributed by atoms with Crippen molar-refractivity contribution in [2.45, 2.75) is 77.8 Å². The van der Waals surface area contributed by atoms with Gasteiger partial charge in [0.2, 0.25) is 0 Å². The maximum atomic E-state index is 6.09. The van der Waals surface area contributed by atoms with Crippen LogP contribution in [0.2, 0.25) is 0 Å². The minimum atomic E-state index is 0.394. The van der Waals surface area contributed by atoms with E-state index in [-0.39, 0.29) is 0 Å². The number of rotatable bonds is 3. The number of hydrogen-bond acceptors (Lipinski definition) is 2. The van der Waals surface area contributed by atoms with Crippen molar-refractivity contribution in [3.63, 3.8) is 0 Å². The maximum absolute atomic E-state index is 6.09. The molecule has 1 heterocycles. The van der Waals surface area contributed by atoms with Crippen LogP contribution in [-0.4, -0.2) is 30.1 Å². The standard InChI is InChI=1S/C16H32N2/c1-16(2,3)11-14(12-17)18-10-6-8-13-7-4-5-9-15(13)18/h13-15H,4-12,17H2,1-3H3/t13-,14?,15-/m1/s1. The van der Waals surface area contributed by atoms with E-state index in [1.165, 1.54) is 51.5 Å². The zero-order chi connectivity index (χ0) is 13.2. The van der Waals surface area contributed by atoms with Crippen LogP contribution < -0.4 is 5.73 Å². The molecule has 1 saturated carbocycles. The van der Waals surface area contributed by atoms with Crippen LogP contribution in [0.1, 0.15) is 65.7 Å². The van der Waals surface area contributed by atoms with Crippen molar-refractivity contribution in [1.82, 2.24) is 4.90 Å². The Hall–Kier alpha value is -0.0800. The second-order valence-electron chi connectivity index (χ2n) is 7.65. The molecule has 0 amide bonds. The van der Waals surface area contributed by atoms with Gasteiger partial charge in [-0.05, 0) is 50.0 Å². The maximum Gasteiger partial charge on any atom is 0.0226 e. The van der Waals surface area contributed by atoms with Crippen LogP contribution in [0.15, 0.2) is 0 Å². The van der Waals surface area contributed by atoms with Crippen molar-refractivity contribution in [1.29, 1.82) is 0 Å². The van der Waals surface area contributed by atoms with Gasteiger partial charge in [-0.1, -0.05) is 33.6 Å². The number of nitrogens with two attached hydrogens (primary N) is 1. The monoisotopic (exact) mass is 252 g/mol. The number of piperidine rings is 1. The number of nitrogens with zero attached hydrogens (tertiary/aromatic N) is 1. The van der Waals surface area contributed by atoms with Crippen LogP contribution in [0.3, 0.4) is 0 Å². The summed E-state index contributed by atoms with van der Waals surface area (Å²) in [7, 11) is 0. The molecule has 0 radical (unpaired) electrons. The van der Waals surface area contributed by atoms with E-state index in [0.29, 0.717) is 11.5 Å². The lowest BCUT2D eigenvalue weighted by Gasteiger charge is -2.48. The Morgan fingerprint density at radius 2 is 1.78 bits per heavy atom. The highest BCUT2D eigenvalue weighted by Crippen LogP contribution is 2.37. The molecule has 2 nitrogen and oxygen atoms in total. The molecule has 0 spiro atoms. The molecule has 0 aromatic rings. The second-order valence-corrected chi connectivity index (χ2v) is 7.65. The van der Waals surface area contributed by atoms with Gasteiger partial charge < -0.3 is 5.73 Å². The second kappa shape index (κ2) is 5.92. The van der Waals surface area contributed by atoms with Crippen molar-refractivity contribution in [2.24, 2.45) is 17.1 Å². The molecule has 2 rings (SSSR count). The lowest BCUT2D eigenvalue weighted by Crippen LogP contribution is -2.54. The van der Waals surface area contributed by atoms with Crippen molar-refractivity contribution < 1.29 is 0 Å². The SMILES string of the molecule is CC(C)(C)CC(CN)N1CCC[C@H]2CCCC[C@H]21. The van der Waals surface area contributed by atoms with Gasteiger partial charge in [-0.25, -0.2) is 0 Å². The predicted octanol–water partition coefficient (Wildman–Crippen LogP) is 3.40. The van der Waals surface area contributed by atoms with E-state index in [4.69, 9.17) is 5.73 Å².